The molecule has 0 radical (unpaired) electrons. The number of hydrogen-bond donors (Lipinski definition) is 0. The topological polar surface area (TPSA) is 51.0 Å². The fourth-order valence-corrected chi connectivity index (χ4v) is 2.64. The Kier molecular flexibility index (Phi) is 3.76. The summed E-state index contributed by atoms with van der Waals surface area (Å²) in [7, 11) is 0. The van der Waals surface area contributed by atoms with Crippen molar-refractivity contribution >= 4 is 5.91 Å². The minimum atomic E-state index is 0.225. The highest BCUT2D eigenvalue weighted by Crippen LogP contribution is 2.21. The summed E-state index contributed by atoms with van der Waals surface area (Å²) in [5, 5.41) is 4.26. The van der Waals surface area contributed by atoms with E-state index in [9.17, 15) is 4.79 Å². The van der Waals surface area contributed by atoms with E-state index in [1.807, 2.05) is 40.2 Å². The fraction of sp³-hybridized carbons (Fsp3) is 0.400. The first-order chi connectivity index (χ1) is 9.83. The summed E-state index contributed by atoms with van der Waals surface area (Å²) in [6.07, 6.45) is 9.62. The molecule has 2 aromatic rings. The third-order valence-corrected chi connectivity index (χ3v) is 3.77. The number of pyridine rings is 1. The Morgan fingerprint density at radius 3 is 3.05 bits per heavy atom. The maximum absolute atomic E-state index is 12.2. The van der Waals surface area contributed by atoms with Crippen molar-refractivity contribution in [3.63, 3.8) is 0 Å². The summed E-state index contributed by atoms with van der Waals surface area (Å²) < 4.78 is 1.95. The zero-order valence-electron chi connectivity index (χ0n) is 11.4. The summed E-state index contributed by atoms with van der Waals surface area (Å²) in [4.78, 5) is 18.2. The van der Waals surface area contributed by atoms with Crippen LogP contribution >= 0.6 is 0 Å². The second-order valence-electron chi connectivity index (χ2n) is 5.13. The highest BCUT2D eigenvalue weighted by atomic mass is 16.2. The molecule has 1 saturated heterocycles. The zero-order valence-corrected chi connectivity index (χ0v) is 11.4. The molecule has 1 fully saturated rings. The van der Waals surface area contributed by atoms with E-state index in [4.69, 9.17) is 0 Å². The highest BCUT2D eigenvalue weighted by molar-refractivity contribution is 5.76. The molecule has 1 unspecified atom stereocenters. The van der Waals surface area contributed by atoms with E-state index in [-0.39, 0.29) is 5.91 Å². The predicted octanol–water partition coefficient (Wildman–Crippen LogP) is 1.68. The normalized spacial score (nSPS) is 18.4. The molecule has 2 aromatic heterocycles. The molecule has 0 aliphatic carbocycles. The van der Waals surface area contributed by atoms with Crippen LogP contribution in [-0.2, 0) is 11.2 Å². The van der Waals surface area contributed by atoms with Crippen molar-refractivity contribution in [2.75, 3.05) is 13.1 Å². The number of amides is 1. The van der Waals surface area contributed by atoms with Crippen LogP contribution in [0, 0.1) is 0 Å². The molecule has 0 aromatic carbocycles. The van der Waals surface area contributed by atoms with Gasteiger partial charge in [0, 0.05) is 44.3 Å². The summed E-state index contributed by atoms with van der Waals surface area (Å²) in [5.74, 6) is 0.225. The number of nitrogens with zero attached hydrogens (tertiary/aromatic N) is 4. The van der Waals surface area contributed by atoms with Crippen LogP contribution in [0.15, 0.2) is 43.0 Å². The Labute approximate surface area is 118 Å². The molecule has 0 saturated carbocycles. The molecule has 0 N–H and O–H groups in total. The van der Waals surface area contributed by atoms with Gasteiger partial charge in [0.25, 0.3) is 0 Å². The number of aryl methyl sites for hydroxylation is 1. The van der Waals surface area contributed by atoms with Crippen LogP contribution in [0.25, 0.3) is 0 Å². The van der Waals surface area contributed by atoms with Crippen molar-refractivity contribution in [3.8, 4) is 0 Å². The number of hydrogen-bond acceptors (Lipinski definition) is 3. The van der Waals surface area contributed by atoms with Crippen molar-refractivity contribution in [2.24, 2.45) is 0 Å². The van der Waals surface area contributed by atoms with Gasteiger partial charge < -0.3 is 4.90 Å². The van der Waals surface area contributed by atoms with Gasteiger partial charge in [-0.25, -0.2) is 0 Å². The SMILES string of the molecule is O=C(CCc1cccnc1)N1CCC(n2cccn2)C1. The van der Waals surface area contributed by atoms with E-state index >= 15 is 0 Å². The Bertz CT molecular complexity index is 553. The molecule has 1 aliphatic rings. The smallest absolute Gasteiger partial charge is 0.222 e. The Morgan fingerprint density at radius 1 is 1.35 bits per heavy atom. The van der Waals surface area contributed by atoms with E-state index in [0.717, 1.165) is 31.5 Å². The van der Waals surface area contributed by atoms with Gasteiger partial charge in [0.15, 0.2) is 0 Å². The molecule has 0 bridgehead atoms. The van der Waals surface area contributed by atoms with Crippen molar-refractivity contribution in [1.82, 2.24) is 19.7 Å². The molecule has 1 atom stereocenters. The van der Waals surface area contributed by atoms with Gasteiger partial charge in [0.2, 0.25) is 5.91 Å². The summed E-state index contributed by atoms with van der Waals surface area (Å²) in [6.45, 7) is 1.60. The second kappa shape index (κ2) is 5.86. The van der Waals surface area contributed by atoms with Gasteiger partial charge >= 0.3 is 0 Å². The molecule has 20 heavy (non-hydrogen) atoms. The van der Waals surface area contributed by atoms with Crippen LogP contribution < -0.4 is 0 Å². The first-order valence-corrected chi connectivity index (χ1v) is 6.99. The standard InChI is InChI=1S/C15H18N4O/c20-15(5-4-13-3-1-7-16-11-13)18-10-6-14(12-18)19-9-2-8-17-19/h1-3,7-9,11,14H,4-6,10,12H2. The Morgan fingerprint density at radius 2 is 2.30 bits per heavy atom. The molecule has 104 valence electrons. The maximum atomic E-state index is 12.2. The molecule has 0 spiro atoms. The van der Waals surface area contributed by atoms with E-state index in [1.165, 1.54) is 0 Å². The van der Waals surface area contributed by atoms with Gasteiger partial charge in [-0.15, -0.1) is 0 Å². The average molecular weight is 270 g/mol. The number of carbonyl (C=O) groups excluding carboxylic acids is 1. The van der Waals surface area contributed by atoms with Gasteiger partial charge in [-0.3, -0.25) is 14.5 Å². The first-order valence-electron chi connectivity index (χ1n) is 6.99. The number of likely N-dealkylation sites (tertiary alicyclic amines) is 1. The van der Waals surface area contributed by atoms with E-state index in [0.29, 0.717) is 12.5 Å². The average Bonchev–Trinajstić information content (AvgIpc) is 3.16. The van der Waals surface area contributed by atoms with E-state index in [1.54, 1.807) is 12.4 Å². The molecule has 1 aliphatic heterocycles. The van der Waals surface area contributed by atoms with Crippen molar-refractivity contribution in [3.05, 3.63) is 48.5 Å². The monoisotopic (exact) mass is 270 g/mol. The largest absolute Gasteiger partial charge is 0.340 e. The van der Waals surface area contributed by atoms with E-state index < -0.39 is 0 Å². The lowest BCUT2D eigenvalue weighted by atomic mass is 10.1. The van der Waals surface area contributed by atoms with Crippen LogP contribution in [-0.4, -0.2) is 38.7 Å². The van der Waals surface area contributed by atoms with Gasteiger partial charge in [-0.2, -0.15) is 5.10 Å². The number of rotatable bonds is 4. The van der Waals surface area contributed by atoms with Gasteiger partial charge in [-0.1, -0.05) is 6.07 Å². The third-order valence-electron chi connectivity index (χ3n) is 3.77. The van der Waals surface area contributed by atoms with Gasteiger partial charge in [0.05, 0.1) is 6.04 Å². The molecule has 5 nitrogen and oxygen atoms in total. The third kappa shape index (κ3) is 2.87. The molecular weight excluding hydrogens is 252 g/mol. The van der Waals surface area contributed by atoms with Crippen LogP contribution in [0.2, 0.25) is 0 Å². The molecular formula is C15H18N4O. The molecule has 3 heterocycles. The lowest BCUT2D eigenvalue weighted by molar-refractivity contribution is -0.130. The summed E-state index contributed by atoms with van der Waals surface area (Å²) >= 11 is 0. The molecule has 5 heteroatoms. The Balaban J connectivity index is 1.51. The lowest BCUT2D eigenvalue weighted by Gasteiger charge is -2.16. The Hall–Kier alpha value is -2.17. The predicted molar refractivity (Wildman–Crippen MR) is 75.0 cm³/mol. The van der Waals surface area contributed by atoms with Gasteiger partial charge in [-0.05, 0) is 30.5 Å². The van der Waals surface area contributed by atoms with E-state index in [2.05, 4.69) is 10.1 Å². The minimum absolute atomic E-state index is 0.225. The van der Waals surface area contributed by atoms with Crippen LogP contribution in [0.1, 0.15) is 24.4 Å². The van der Waals surface area contributed by atoms with Crippen molar-refractivity contribution < 1.29 is 4.79 Å². The molecule has 1 amide bonds. The summed E-state index contributed by atoms with van der Waals surface area (Å²) in [5.41, 5.74) is 1.11. The van der Waals surface area contributed by atoms with Gasteiger partial charge in [0.1, 0.15) is 0 Å². The zero-order chi connectivity index (χ0) is 13.8. The molecule has 3 rings (SSSR count). The first kappa shape index (κ1) is 12.8. The fourth-order valence-electron chi connectivity index (χ4n) is 2.64. The van der Waals surface area contributed by atoms with Crippen LogP contribution in [0.5, 0.6) is 0 Å². The quantitative estimate of drug-likeness (QED) is 0.849. The number of carbonyl (C=O) groups is 1. The van der Waals surface area contributed by atoms with Crippen molar-refractivity contribution in [1.29, 1.82) is 0 Å². The minimum Gasteiger partial charge on any atom is -0.340 e. The number of aromatic nitrogens is 3. The maximum Gasteiger partial charge on any atom is 0.222 e. The van der Waals surface area contributed by atoms with Crippen LogP contribution in [0.3, 0.4) is 0 Å². The van der Waals surface area contributed by atoms with Crippen molar-refractivity contribution in [2.45, 2.75) is 25.3 Å². The summed E-state index contributed by atoms with van der Waals surface area (Å²) in [6, 6.07) is 6.17. The lowest BCUT2D eigenvalue weighted by Crippen LogP contribution is -2.29. The highest BCUT2D eigenvalue weighted by Gasteiger charge is 2.27. The second-order valence-corrected chi connectivity index (χ2v) is 5.13. The van der Waals surface area contributed by atoms with Crippen LogP contribution in [0.4, 0.5) is 0 Å².